The molecule has 0 amide bonds. The van der Waals surface area contributed by atoms with Crippen molar-refractivity contribution in [1.82, 2.24) is 25.0 Å². The zero-order valence-corrected chi connectivity index (χ0v) is 10.0. The molecule has 0 unspecified atom stereocenters. The summed E-state index contributed by atoms with van der Waals surface area (Å²) >= 11 is 0. The van der Waals surface area contributed by atoms with E-state index in [2.05, 4.69) is 20.3 Å². The van der Waals surface area contributed by atoms with Gasteiger partial charge < -0.3 is 0 Å². The molecule has 0 fully saturated rings. The number of hydrogen-bond donors (Lipinski definition) is 1. The highest BCUT2D eigenvalue weighted by atomic mass is 35.7. The minimum absolute atomic E-state index is 0.254. The van der Waals surface area contributed by atoms with Crippen LogP contribution in [0.2, 0.25) is 0 Å². The van der Waals surface area contributed by atoms with E-state index in [9.17, 15) is 8.42 Å². The molecule has 0 atom stereocenters. The molecule has 0 aliphatic heterocycles. The fourth-order valence-corrected chi connectivity index (χ4v) is 1.75. The smallest absolute Gasteiger partial charge is 0.272 e. The lowest BCUT2D eigenvalue weighted by molar-refractivity contribution is 0.602. The first-order chi connectivity index (χ1) is 7.39. The summed E-state index contributed by atoms with van der Waals surface area (Å²) < 4.78 is 23.6. The van der Waals surface area contributed by atoms with Crippen LogP contribution >= 0.6 is 10.7 Å². The van der Waals surface area contributed by atoms with Crippen molar-refractivity contribution in [3.8, 4) is 11.4 Å². The van der Waals surface area contributed by atoms with E-state index in [1.165, 1.54) is 0 Å². The Balaban J connectivity index is 2.51. The standard InChI is InChI=1S/C7H8ClN5O2S/c1-4-5(3-9-13(4)2)6-10-7(12-11-6)16(8,14)15/h3H,1-2H3,(H,10,11,12). The van der Waals surface area contributed by atoms with Gasteiger partial charge >= 0.3 is 0 Å². The van der Waals surface area contributed by atoms with E-state index < -0.39 is 9.05 Å². The van der Waals surface area contributed by atoms with Crippen molar-refractivity contribution in [3.63, 3.8) is 0 Å². The predicted octanol–water partition coefficient (Wildman–Crippen LogP) is 0.441. The van der Waals surface area contributed by atoms with E-state index in [1.54, 1.807) is 17.9 Å². The number of nitrogens with zero attached hydrogens (tertiary/aromatic N) is 4. The largest absolute Gasteiger partial charge is 0.296 e. The van der Waals surface area contributed by atoms with Gasteiger partial charge in [0, 0.05) is 23.4 Å². The lowest BCUT2D eigenvalue weighted by Gasteiger charge is -1.94. The number of rotatable bonds is 2. The summed E-state index contributed by atoms with van der Waals surface area (Å²) in [6.07, 6.45) is 1.56. The molecule has 7 nitrogen and oxygen atoms in total. The highest BCUT2D eigenvalue weighted by molar-refractivity contribution is 8.13. The summed E-state index contributed by atoms with van der Waals surface area (Å²) in [4.78, 5) is 3.79. The molecule has 86 valence electrons. The van der Waals surface area contributed by atoms with Crippen molar-refractivity contribution < 1.29 is 8.42 Å². The zero-order chi connectivity index (χ0) is 11.9. The summed E-state index contributed by atoms with van der Waals surface area (Å²) in [5.41, 5.74) is 1.49. The first-order valence-electron chi connectivity index (χ1n) is 4.25. The predicted molar refractivity (Wildman–Crippen MR) is 56.4 cm³/mol. The number of aromatic nitrogens is 5. The summed E-state index contributed by atoms with van der Waals surface area (Å²) in [6, 6.07) is 0. The molecule has 16 heavy (non-hydrogen) atoms. The van der Waals surface area contributed by atoms with E-state index in [0.29, 0.717) is 5.56 Å². The van der Waals surface area contributed by atoms with Crippen LogP contribution in [-0.4, -0.2) is 33.4 Å². The molecule has 0 spiro atoms. The van der Waals surface area contributed by atoms with E-state index >= 15 is 0 Å². The zero-order valence-electron chi connectivity index (χ0n) is 8.47. The number of aryl methyl sites for hydroxylation is 1. The van der Waals surface area contributed by atoms with E-state index in [-0.39, 0.29) is 11.0 Å². The normalized spacial score (nSPS) is 11.9. The summed E-state index contributed by atoms with van der Waals surface area (Å²) in [6.45, 7) is 1.83. The fraction of sp³-hybridized carbons (Fsp3) is 0.286. The average molecular weight is 262 g/mol. The average Bonchev–Trinajstić information content (AvgIpc) is 2.74. The Morgan fingerprint density at radius 2 is 2.19 bits per heavy atom. The second kappa shape index (κ2) is 3.56. The fourth-order valence-electron chi connectivity index (χ4n) is 1.19. The summed E-state index contributed by atoms with van der Waals surface area (Å²) in [7, 11) is 3.01. The maximum atomic E-state index is 11.0. The van der Waals surface area contributed by atoms with Gasteiger partial charge in [-0.15, -0.1) is 0 Å². The van der Waals surface area contributed by atoms with Gasteiger partial charge in [-0.1, -0.05) is 0 Å². The molecule has 0 aliphatic rings. The van der Waals surface area contributed by atoms with Crippen molar-refractivity contribution in [2.75, 3.05) is 0 Å². The van der Waals surface area contributed by atoms with Crippen LogP contribution in [0.5, 0.6) is 0 Å². The van der Waals surface area contributed by atoms with Crippen LogP contribution in [0.3, 0.4) is 0 Å². The van der Waals surface area contributed by atoms with Gasteiger partial charge in [-0.05, 0) is 6.92 Å². The van der Waals surface area contributed by atoms with Crippen LogP contribution in [0.25, 0.3) is 11.4 Å². The van der Waals surface area contributed by atoms with Crippen molar-refractivity contribution in [1.29, 1.82) is 0 Å². The summed E-state index contributed by atoms with van der Waals surface area (Å²) in [5, 5.41) is 9.67. The molecule has 0 aliphatic carbocycles. The van der Waals surface area contributed by atoms with Crippen LogP contribution in [0.15, 0.2) is 11.4 Å². The molecule has 0 saturated carbocycles. The van der Waals surface area contributed by atoms with Crippen molar-refractivity contribution in [3.05, 3.63) is 11.9 Å². The maximum absolute atomic E-state index is 11.0. The first kappa shape index (κ1) is 11.1. The Hall–Kier alpha value is -1.41. The van der Waals surface area contributed by atoms with Gasteiger partial charge in [0.2, 0.25) is 0 Å². The SMILES string of the molecule is Cc1c(-c2n[nH]c(S(=O)(=O)Cl)n2)cnn1C. The second-order valence-electron chi connectivity index (χ2n) is 3.17. The molecular formula is C7H8ClN5O2S. The number of hydrogen-bond acceptors (Lipinski definition) is 5. The van der Waals surface area contributed by atoms with Crippen LogP contribution in [-0.2, 0) is 16.1 Å². The van der Waals surface area contributed by atoms with Gasteiger partial charge in [0.25, 0.3) is 14.2 Å². The molecule has 0 aromatic carbocycles. The first-order valence-corrected chi connectivity index (χ1v) is 6.56. The molecule has 0 saturated heterocycles. The molecule has 2 heterocycles. The maximum Gasteiger partial charge on any atom is 0.296 e. The molecule has 2 rings (SSSR count). The number of H-pyrrole nitrogens is 1. The molecule has 2 aromatic heterocycles. The number of nitrogens with one attached hydrogen (secondary N) is 1. The topological polar surface area (TPSA) is 93.5 Å². The van der Waals surface area contributed by atoms with Crippen molar-refractivity contribution in [2.24, 2.45) is 7.05 Å². The van der Waals surface area contributed by atoms with Crippen molar-refractivity contribution >= 4 is 19.7 Å². The van der Waals surface area contributed by atoms with E-state index in [1.807, 2.05) is 6.92 Å². The Morgan fingerprint density at radius 1 is 1.50 bits per heavy atom. The molecular weight excluding hydrogens is 254 g/mol. The third kappa shape index (κ3) is 1.81. The monoisotopic (exact) mass is 261 g/mol. The summed E-state index contributed by atoms with van der Waals surface area (Å²) in [5.74, 6) is 0.254. The van der Waals surface area contributed by atoms with Gasteiger partial charge in [-0.2, -0.15) is 15.2 Å². The molecule has 9 heteroatoms. The van der Waals surface area contributed by atoms with Gasteiger partial charge in [-0.25, -0.2) is 13.5 Å². The van der Waals surface area contributed by atoms with E-state index in [0.717, 1.165) is 5.69 Å². The third-order valence-corrected chi connectivity index (χ3v) is 3.25. The minimum Gasteiger partial charge on any atom is -0.272 e. The van der Waals surface area contributed by atoms with Gasteiger partial charge in [0.1, 0.15) is 0 Å². The molecule has 1 N–H and O–H groups in total. The Bertz CT molecular complexity index is 629. The lowest BCUT2D eigenvalue weighted by Crippen LogP contribution is -1.94. The van der Waals surface area contributed by atoms with Crippen molar-refractivity contribution in [2.45, 2.75) is 12.1 Å². The van der Waals surface area contributed by atoms with Crippen LogP contribution in [0, 0.1) is 6.92 Å². The Morgan fingerprint density at radius 3 is 2.62 bits per heavy atom. The van der Waals surface area contributed by atoms with E-state index in [4.69, 9.17) is 10.7 Å². The number of aromatic amines is 1. The Kier molecular flexibility index (Phi) is 2.47. The highest BCUT2D eigenvalue weighted by Gasteiger charge is 2.18. The minimum atomic E-state index is -3.88. The third-order valence-electron chi connectivity index (χ3n) is 2.17. The van der Waals surface area contributed by atoms with Crippen LogP contribution in [0.1, 0.15) is 5.69 Å². The molecule has 2 aromatic rings. The molecule has 0 bridgehead atoms. The highest BCUT2D eigenvalue weighted by Crippen LogP contribution is 2.20. The molecule has 0 radical (unpaired) electrons. The van der Waals surface area contributed by atoms with Crippen LogP contribution in [0.4, 0.5) is 0 Å². The van der Waals surface area contributed by atoms with Gasteiger partial charge in [0.15, 0.2) is 5.82 Å². The Labute approximate surface area is 95.9 Å². The van der Waals surface area contributed by atoms with Gasteiger partial charge in [0.05, 0.1) is 11.8 Å². The lowest BCUT2D eigenvalue weighted by atomic mass is 10.2. The second-order valence-corrected chi connectivity index (χ2v) is 5.65. The quantitative estimate of drug-likeness (QED) is 0.792. The van der Waals surface area contributed by atoms with Gasteiger partial charge in [-0.3, -0.25) is 4.68 Å². The number of halogens is 1. The van der Waals surface area contributed by atoms with Crippen LogP contribution < -0.4 is 0 Å².